The average molecular weight is 386 g/mol. The molecule has 4 rings (SSSR count). The quantitative estimate of drug-likeness (QED) is 0.684. The second kappa shape index (κ2) is 9.57. The standard InChI is InChI=1S/C20H26N4O4/c1-2-16(14-17(3-1)28-18-4-11-25-15-18)26-12-13-27-20-19(22-5-6-23-20)24-9-7-21-8-10-24/h1-3,5-6,14,18,21H,4,7-13,15H2. The fourth-order valence-corrected chi connectivity index (χ4v) is 3.25. The Hall–Kier alpha value is -2.58. The van der Waals surface area contributed by atoms with E-state index in [0.29, 0.717) is 25.7 Å². The van der Waals surface area contributed by atoms with E-state index in [9.17, 15) is 0 Å². The smallest absolute Gasteiger partial charge is 0.257 e. The second-order valence-electron chi connectivity index (χ2n) is 6.70. The molecule has 3 heterocycles. The molecule has 1 N–H and O–H groups in total. The van der Waals surface area contributed by atoms with Gasteiger partial charge in [0.15, 0.2) is 5.82 Å². The zero-order chi connectivity index (χ0) is 19.0. The van der Waals surface area contributed by atoms with Gasteiger partial charge in [0.05, 0.1) is 13.2 Å². The Morgan fingerprint density at radius 1 is 1.07 bits per heavy atom. The summed E-state index contributed by atoms with van der Waals surface area (Å²) in [5.74, 6) is 2.88. The molecule has 0 spiro atoms. The number of aromatic nitrogens is 2. The van der Waals surface area contributed by atoms with Crippen LogP contribution in [-0.4, -0.2) is 68.7 Å². The van der Waals surface area contributed by atoms with Crippen LogP contribution in [0.25, 0.3) is 0 Å². The zero-order valence-electron chi connectivity index (χ0n) is 15.9. The minimum absolute atomic E-state index is 0.124. The van der Waals surface area contributed by atoms with Gasteiger partial charge >= 0.3 is 0 Å². The Balaban J connectivity index is 1.27. The first kappa shape index (κ1) is 18.8. The molecule has 1 aromatic heterocycles. The van der Waals surface area contributed by atoms with Gasteiger partial charge in [0, 0.05) is 51.1 Å². The molecule has 8 heteroatoms. The number of benzene rings is 1. The topological polar surface area (TPSA) is 78.0 Å². The lowest BCUT2D eigenvalue weighted by molar-refractivity contribution is 0.141. The lowest BCUT2D eigenvalue weighted by Crippen LogP contribution is -2.44. The summed E-state index contributed by atoms with van der Waals surface area (Å²) in [6, 6.07) is 7.66. The van der Waals surface area contributed by atoms with Gasteiger partial charge in [0.1, 0.15) is 30.8 Å². The van der Waals surface area contributed by atoms with Gasteiger partial charge in [-0.05, 0) is 12.1 Å². The van der Waals surface area contributed by atoms with Crippen molar-refractivity contribution in [3.8, 4) is 17.4 Å². The highest BCUT2D eigenvalue weighted by molar-refractivity contribution is 5.48. The van der Waals surface area contributed by atoms with Crippen molar-refractivity contribution in [1.82, 2.24) is 15.3 Å². The molecular weight excluding hydrogens is 360 g/mol. The highest BCUT2D eigenvalue weighted by Crippen LogP contribution is 2.24. The van der Waals surface area contributed by atoms with Gasteiger partial charge in [-0.15, -0.1) is 0 Å². The number of hydrogen-bond donors (Lipinski definition) is 1. The minimum atomic E-state index is 0.124. The first-order chi connectivity index (χ1) is 13.9. The van der Waals surface area contributed by atoms with Crippen LogP contribution in [0.4, 0.5) is 5.82 Å². The number of hydrogen-bond acceptors (Lipinski definition) is 8. The van der Waals surface area contributed by atoms with E-state index < -0.39 is 0 Å². The Morgan fingerprint density at radius 3 is 2.75 bits per heavy atom. The molecule has 1 aromatic carbocycles. The van der Waals surface area contributed by atoms with Gasteiger partial charge in [-0.1, -0.05) is 6.07 Å². The summed E-state index contributed by atoms with van der Waals surface area (Å²) >= 11 is 0. The van der Waals surface area contributed by atoms with E-state index in [0.717, 1.165) is 56.5 Å². The van der Waals surface area contributed by atoms with Gasteiger partial charge in [-0.25, -0.2) is 9.97 Å². The third-order valence-electron chi connectivity index (χ3n) is 4.65. The van der Waals surface area contributed by atoms with E-state index in [-0.39, 0.29) is 6.10 Å². The molecule has 150 valence electrons. The molecule has 2 aromatic rings. The summed E-state index contributed by atoms with van der Waals surface area (Å²) in [6.45, 7) is 5.86. The van der Waals surface area contributed by atoms with Crippen LogP contribution in [0.2, 0.25) is 0 Å². The van der Waals surface area contributed by atoms with Crippen molar-refractivity contribution in [2.75, 3.05) is 57.5 Å². The van der Waals surface area contributed by atoms with E-state index in [1.165, 1.54) is 0 Å². The Morgan fingerprint density at radius 2 is 1.89 bits per heavy atom. The molecule has 0 radical (unpaired) electrons. The molecule has 1 atom stereocenters. The summed E-state index contributed by atoms with van der Waals surface area (Å²) in [5, 5.41) is 3.33. The minimum Gasteiger partial charge on any atom is -0.490 e. The molecule has 28 heavy (non-hydrogen) atoms. The molecule has 0 aliphatic carbocycles. The Bertz CT molecular complexity index is 748. The van der Waals surface area contributed by atoms with Crippen molar-refractivity contribution in [2.24, 2.45) is 0 Å². The van der Waals surface area contributed by atoms with Crippen LogP contribution in [0.3, 0.4) is 0 Å². The normalized spacial score (nSPS) is 19.4. The van der Waals surface area contributed by atoms with Crippen molar-refractivity contribution < 1.29 is 18.9 Å². The molecule has 8 nitrogen and oxygen atoms in total. The summed E-state index contributed by atoms with van der Waals surface area (Å²) in [4.78, 5) is 11.0. The molecule has 0 saturated carbocycles. The molecular formula is C20H26N4O4. The third-order valence-corrected chi connectivity index (χ3v) is 4.65. The number of anilines is 1. The van der Waals surface area contributed by atoms with Gasteiger partial charge < -0.3 is 29.2 Å². The van der Waals surface area contributed by atoms with Crippen molar-refractivity contribution >= 4 is 5.82 Å². The zero-order valence-corrected chi connectivity index (χ0v) is 15.9. The second-order valence-corrected chi connectivity index (χ2v) is 6.70. The van der Waals surface area contributed by atoms with Gasteiger partial charge in [-0.2, -0.15) is 0 Å². The first-order valence-corrected chi connectivity index (χ1v) is 9.75. The van der Waals surface area contributed by atoms with E-state index in [1.54, 1.807) is 12.4 Å². The van der Waals surface area contributed by atoms with Crippen LogP contribution in [0.15, 0.2) is 36.7 Å². The van der Waals surface area contributed by atoms with E-state index in [4.69, 9.17) is 18.9 Å². The van der Waals surface area contributed by atoms with E-state index >= 15 is 0 Å². The van der Waals surface area contributed by atoms with E-state index in [1.807, 2.05) is 24.3 Å². The summed E-state index contributed by atoms with van der Waals surface area (Å²) in [5.41, 5.74) is 0. The van der Waals surface area contributed by atoms with Gasteiger partial charge in [0.2, 0.25) is 0 Å². The lowest BCUT2D eigenvalue weighted by Gasteiger charge is -2.28. The Kier molecular flexibility index (Phi) is 6.41. The Labute approximate surface area is 164 Å². The third kappa shape index (κ3) is 5.02. The number of ether oxygens (including phenoxy) is 4. The lowest BCUT2D eigenvalue weighted by atomic mass is 10.3. The monoisotopic (exact) mass is 386 g/mol. The van der Waals surface area contributed by atoms with Crippen LogP contribution in [0.5, 0.6) is 17.4 Å². The maximum Gasteiger partial charge on any atom is 0.257 e. The molecule has 2 saturated heterocycles. The summed E-state index contributed by atoms with van der Waals surface area (Å²) < 4.78 is 22.9. The molecule has 2 aliphatic heterocycles. The number of nitrogens with zero attached hydrogens (tertiary/aromatic N) is 3. The molecule has 0 bridgehead atoms. The van der Waals surface area contributed by atoms with Crippen molar-refractivity contribution in [1.29, 1.82) is 0 Å². The molecule has 2 aliphatic rings. The van der Waals surface area contributed by atoms with Gasteiger partial charge in [0.25, 0.3) is 5.88 Å². The number of nitrogens with one attached hydrogen (secondary N) is 1. The van der Waals surface area contributed by atoms with Crippen molar-refractivity contribution in [3.63, 3.8) is 0 Å². The number of piperazine rings is 1. The van der Waals surface area contributed by atoms with Crippen LogP contribution in [0.1, 0.15) is 6.42 Å². The number of rotatable bonds is 8. The van der Waals surface area contributed by atoms with Crippen molar-refractivity contribution in [2.45, 2.75) is 12.5 Å². The van der Waals surface area contributed by atoms with Crippen LogP contribution in [-0.2, 0) is 4.74 Å². The fraction of sp³-hybridized carbons (Fsp3) is 0.500. The molecule has 0 amide bonds. The van der Waals surface area contributed by atoms with Crippen LogP contribution >= 0.6 is 0 Å². The summed E-state index contributed by atoms with van der Waals surface area (Å²) in [6.07, 6.45) is 4.39. The van der Waals surface area contributed by atoms with E-state index in [2.05, 4.69) is 20.2 Å². The molecule has 2 fully saturated rings. The maximum atomic E-state index is 5.91. The fourth-order valence-electron chi connectivity index (χ4n) is 3.25. The highest BCUT2D eigenvalue weighted by atomic mass is 16.5. The average Bonchev–Trinajstić information content (AvgIpc) is 3.25. The predicted molar refractivity (Wildman–Crippen MR) is 104 cm³/mol. The highest BCUT2D eigenvalue weighted by Gasteiger charge is 2.18. The maximum absolute atomic E-state index is 5.91. The first-order valence-electron chi connectivity index (χ1n) is 9.75. The summed E-state index contributed by atoms with van der Waals surface area (Å²) in [7, 11) is 0. The SMILES string of the molecule is c1cc(OCCOc2nccnc2N2CCNCC2)cc(OC2CCOC2)c1. The molecule has 1 unspecified atom stereocenters. The van der Waals surface area contributed by atoms with Gasteiger partial charge in [-0.3, -0.25) is 0 Å². The van der Waals surface area contributed by atoms with Crippen LogP contribution in [0, 0.1) is 0 Å². The predicted octanol–water partition coefficient (Wildman–Crippen LogP) is 1.51. The van der Waals surface area contributed by atoms with Crippen molar-refractivity contribution in [3.05, 3.63) is 36.7 Å². The van der Waals surface area contributed by atoms with Crippen LogP contribution < -0.4 is 24.4 Å². The largest absolute Gasteiger partial charge is 0.490 e.